The Morgan fingerprint density at radius 3 is 2.38 bits per heavy atom. The van der Waals surface area contributed by atoms with E-state index in [1.54, 1.807) is 0 Å². The summed E-state index contributed by atoms with van der Waals surface area (Å²) in [5.74, 6) is -6.62. The van der Waals surface area contributed by atoms with Crippen LogP contribution in [0.15, 0.2) is 30.5 Å². The van der Waals surface area contributed by atoms with Gasteiger partial charge in [0.2, 0.25) is 0 Å². The molecule has 0 atom stereocenters. The SMILES string of the molecule is Cn1cc(C(=O)Nc2c(F)c(F)c(F)c(Cl)c2-c2ccccc2Cl)c(C(F)F)n1. The number of amides is 1. The third-order valence-corrected chi connectivity index (χ3v) is 4.64. The molecule has 0 aliphatic carbocycles. The van der Waals surface area contributed by atoms with Gasteiger partial charge in [0.1, 0.15) is 5.69 Å². The van der Waals surface area contributed by atoms with Crippen LogP contribution in [0.1, 0.15) is 22.5 Å². The number of aromatic nitrogens is 2. The lowest BCUT2D eigenvalue weighted by molar-refractivity contribution is 0.101. The molecule has 1 aromatic heterocycles. The number of halogens is 7. The molecule has 11 heteroatoms. The Morgan fingerprint density at radius 2 is 1.76 bits per heavy atom. The molecule has 0 bridgehead atoms. The first-order chi connectivity index (χ1) is 13.6. The van der Waals surface area contributed by atoms with Crippen LogP contribution in [0, 0.1) is 17.5 Å². The lowest BCUT2D eigenvalue weighted by Gasteiger charge is -2.16. The predicted molar refractivity (Wildman–Crippen MR) is 97.9 cm³/mol. The van der Waals surface area contributed by atoms with E-state index in [0.717, 1.165) is 10.9 Å². The van der Waals surface area contributed by atoms with E-state index in [1.165, 1.54) is 31.3 Å². The van der Waals surface area contributed by atoms with Gasteiger partial charge < -0.3 is 5.32 Å². The highest BCUT2D eigenvalue weighted by molar-refractivity contribution is 6.37. The molecule has 0 aliphatic heterocycles. The summed E-state index contributed by atoms with van der Waals surface area (Å²) in [4.78, 5) is 12.5. The van der Waals surface area contributed by atoms with Crippen molar-refractivity contribution < 1.29 is 26.7 Å². The summed E-state index contributed by atoms with van der Waals surface area (Å²) in [6, 6.07) is 5.72. The molecule has 1 N–H and O–H groups in total. The van der Waals surface area contributed by atoms with Gasteiger partial charge in [-0.15, -0.1) is 0 Å². The molecule has 3 rings (SSSR count). The van der Waals surface area contributed by atoms with Gasteiger partial charge >= 0.3 is 0 Å². The number of hydrogen-bond acceptors (Lipinski definition) is 2. The molecular weight excluding hydrogens is 440 g/mol. The molecule has 1 amide bonds. The van der Waals surface area contributed by atoms with Crippen molar-refractivity contribution in [3.8, 4) is 11.1 Å². The summed E-state index contributed by atoms with van der Waals surface area (Å²) in [5.41, 5.74) is -2.74. The standard InChI is InChI=1S/C18H10Cl2F5N3O/c1-28-6-8(15(27-28)17(24)25)18(29)26-16-10(7-4-2-3-5-9(7)19)11(20)12(21)13(22)14(16)23/h2-6,17H,1H3,(H,26,29). The lowest BCUT2D eigenvalue weighted by Crippen LogP contribution is -2.17. The second-order valence-corrected chi connectivity index (χ2v) is 6.63. The van der Waals surface area contributed by atoms with E-state index in [4.69, 9.17) is 23.2 Å². The summed E-state index contributed by atoms with van der Waals surface area (Å²) in [6.45, 7) is 0. The summed E-state index contributed by atoms with van der Waals surface area (Å²) >= 11 is 11.9. The first-order valence-corrected chi connectivity index (χ1v) is 8.63. The van der Waals surface area contributed by atoms with Gasteiger partial charge in [-0.1, -0.05) is 41.4 Å². The van der Waals surface area contributed by atoms with Gasteiger partial charge in [-0.05, 0) is 6.07 Å². The number of aryl methyl sites for hydroxylation is 1. The Labute approximate surface area is 170 Å². The van der Waals surface area contributed by atoms with Crippen LogP contribution in [0.4, 0.5) is 27.6 Å². The molecule has 0 unspecified atom stereocenters. The van der Waals surface area contributed by atoms with Crippen LogP contribution in [0.2, 0.25) is 10.0 Å². The average Bonchev–Trinajstić information content (AvgIpc) is 3.08. The molecular formula is C18H10Cl2F5N3O. The number of nitrogens with one attached hydrogen (secondary N) is 1. The topological polar surface area (TPSA) is 46.9 Å². The summed E-state index contributed by atoms with van der Waals surface area (Å²) in [6.07, 6.45) is -2.12. The highest BCUT2D eigenvalue weighted by Gasteiger charge is 2.29. The zero-order valence-corrected chi connectivity index (χ0v) is 15.9. The summed E-state index contributed by atoms with van der Waals surface area (Å²) < 4.78 is 69.8. The van der Waals surface area contributed by atoms with Crippen molar-refractivity contribution in [3.05, 3.63) is 69.2 Å². The van der Waals surface area contributed by atoms with Crippen LogP contribution < -0.4 is 5.32 Å². The predicted octanol–water partition coefficient (Wildman–Crippen LogP) is 6.00. The second-order valence-electron chi connectivity index (χ2n) is 5.84. The Bertz CT molecular complexity index is 1120. The first kappa shape index (κ1) is 21.1. The number of alkyl halides is 2. The number of anilines is 1. The van der Waals surface area contributed by atoms with Gasteiger partial charge in [0.05, 0.1) is 16.3 Å². The number of hydrogen-bond donors (Lipinski definition) is 1. The minimum Gasteiger partial charge on any atom is -0.319 e. The van der Waals surface area contributed by atoms with E-state index in [-0.39, 0.29) is 10.6 Å². The fourth-order valence-corrected chi connectivity index (χ4v) is 3.20. The minimum atomic E-state index is -3.10. The second kappa shape index (κ2) is 8.00. The third-order valence-electron chi connectivity index (χ3n) is 3.96. The minimum absolute atomic E-state index is 0.00459. The first-order valence-electron chi connectivity index (χ1n) is 7.87. The zero-order chi connectivity index (χ0) is 21.5. The zero-order valence-electron chi connectivity index (χ0n) is 14.4. The maximum absolute atomic E-state index is 14.6. The largest absolute Gasteiger partial charge is 0.319 e. The van der Waals surface area contributed by atoms with Crippen molar-refractivity contribution >= 4 is 34.8 Å². The van der Waals surface area contributed by atoms with Crippen LogP contribution >= 0.6 is 23.2 Å². The van der Waals surface area contributed by atoms with Crippen LogP contribution in [0.25, 0.3) is 11.1 Å². The van der Waals surface area contributed by atoms with Gasteiger partial charge in [-0.2, -0.15) is 5.10 Å². The van der Waals surface area contributed by atoms with Gasteiger partial charge in [0, 0.05) is 29.4 Å². The molecule has 1 heterocycles. The Morgan fingerprint density at radius 1 is 1.10 bits per heavy atom. The number of carbonyl (C=O) groups is 1. The van der Waals surface area contributed by atoms with Gasteiger partial charge in [-0.25, -0.2) is 22.0 Å². The average molecular weight is 450 g/mol. The number of carbonyl (C=O) groups excluding carboxylic acids is 1. The smallest absolute Gasteiger partial charge is 0.282 e. The molecule has 0 aliphatic rings. The Kier molecular flexibility index (Phi) is 5.81. The summed E-state index contributed by atoms with van der Waals surface area (Å²) in [7, 11) is 1.30. The van der Waals surface area contributed by atoms with Crippen molar-refractivity contribution in [3.63, 3.8) is 0 Å². The molecule has 29 heavy (non-hydrogen) atoms. The molecule has 0 saturated carbocycles. The summed E-state index contributed by atoms with van der Waals surface area (Å²) in [5, 5.41) is 4.62. The monoisotopic (exact) mass is 449 g/mol. The van der Waals surface area contributed by atoms with Gasteiger partial charge in [0.15, 0.2) is 17.5 Å². The number of rotatable bonds is 4. The van der Waals surface area contributed by atoms with E-state index >= 15 is 0 Å². The molecule has 2 aromatic carbocycles. The molecule has 4 nitrogen and oxygen atoms in total. The molecule has 0 saturated heterocycles. The van der Waals surface area contributed by atoms with Crippen LogP contribution in [-0.2, 0) is 7.05 Å². The van der Waals surface area contributed by atoms with Crippen molar-refractivity contribution in [2.24, 2.45) is 7.05 Å². The molecule has 152 valence electrons. The maximum atomic E-state index is 14.6. The van der Waals surface area contributed by atoms with E-state index < -0.39 is 57.3 Å². The number of nitrogens with zero attached hydrogens (tertiary/aromatic N) is 2. The van der Waals surface area contributed by atoms with Crippen molar-refractivity contribution in [2.45, 2.75) is 6.43 Å². The molecule has 0 spiro atoms. The van der Waals surface area contributed by atoms with Crippen molar-refractivity contribution in [2.75, 3.05) is 5.32 Å². The van der Waals surface area contributed by atoms with Crippen LogP contribution in [0.3, 0.4) is 0 Å². The highest BCUT2D eigenvalue weighted by Crippen LogP contribution is 2.43. The van der Waals surface area contributed by atoms with Gasteiger partial charge in [0.25, 0.3) is 12.3 Å². The third kappa shape index (κ3) is 3.79. The molecule has 3 aromatic rings. The van der Waals surface area contributed by atoms with E-state index in [1.807, 2.05) is 5.32 Å². The van der Waals surface area contributed by atoms with Crippen molar-refractivity contribution in [1.29, 1.82) is 0 Å². The quantitative estimate of drug-likeness (QED) is 0.301. The van der Waals surface area contributed by atoms with E-state index in [2.05, 4.69) is 5.10 Å². The number of benzene rings is 2. The lowest BCUT2D eigenvalue weighted by atomic mass is 10.0. The Balaban J connectivity index is 2.20. The van der Waals surface area contributed by atoms with E-state index in [0.29, 0.717) is 0 Å². The van der Waals surface area contributed by atoms with Gasteiger partial charge in [-0.3, -0.25) is 9.48 Å². The highest BCUT2D eigenvalue weighted by atomic mass is 35.5. The fraction of sp³-hybridized carbons (Fsp3) is 0.111. The maximum Gasteiger partial charge on any atom is 0.282 e. The Hall–Kier alpha value is -2.65. The normalized spacial score (nSPS) is 11.2. The molecule has 0 radical (unpaired) electrons. The van der Waals surface area contributed by atoms with Crippen LogP contribution in [0.5, 0.6) is 0 Å². The van der Waals surface area contributed by atoms with Crippen LogP contribution in [-0.4, -0.2) is 15.7 Å². The van der Waals surface area contributed by atoms with E-state index in [9.17, 15) is 26.7 Å². The molecule has 0 fully saturated rings. The fourth-order valence-electron chi connectivity index (χ4n) is 2.69. The van der Waals surface area contributed by atoms with Crippen molar-refractivity contribution in [1.82, 2.24) is 9.78 Å².